The molecule has 0 spiro atoms. The zero-order valence-corrected chi connectivity index (χ0v) is 76.2. The fourth-order valence-corrected chi connectivity index (χ4v) is 22.5. The molecule has 0 unspecified atom stereocenters. The summed E-state index contributed by atoms with van der Waals surface area (Å²) in [6.45, 7) is 0. The third-order valence-corrected chi connectivity index (χ3v) is 28.7. The van der Waals surface area contributed by atoms with Crippen LogP contribution in [0.5, 0.6) is 0 Å². The van der Waals surface area contributed by atoms with Crippen molar-refractivity contribution >= 4 is 140 Å². The number of allylic oxidation sites excluding steroid dienone is 4. The second-order valence-electron chi connectivity index (χ2n) is 36.4. The highest BCUT2D eigenvalue weighted by molar-refractivity contribution is 6.31. The van der Waals surface area contributed by atoms with Crippen LogP contribution in [0.15, 0.2) is 534 Å². The summed E-state index contributed by atoms with van der Waals surface area (Å²) < 4.78 is 0. The normalized spacial score (nSPS) is 12.1. The first-order valence-electron chi connectivity index (χ1n) is 48.1. The first kappa shape index (κ1) is 82.2. The Kier molecular flexibility index (Phi) is 21.3. The van der Waals surface area contributed by atoms with Gasteiger partial charge in [0.1, 0.15) is 0 Å². The molecule has 0 radical (unpaired) electrons. The Balaban J connectivity index is 0.000000111. The highest BCUT2D eigenvalue weighted by Gasteiger charge is 2.27. The molecule has 1 aliphatic rings. The summed E-state index contributed by atoms with van der Waals surface area (Å²) in [6.07, 6.45) is 6.80. The minimum absolute atomic E-state index is 0.900. The van der Waals surface area contributed by atoms with Gasteiger partial charge in [-0.15, -0.1) is 0 Å². The van der Waals surface area contributed by atoms with E-state index < -0.39 is 0 Å². The summed E-state index contributed by atoms with van der Waals surface area (Å²) in [7, 11) is 0. The van der Waals surface area contributed by atoms with Gasteiger partial charge in [0.2, 0.25) is 0 Å². The van der Waals surface area contributed by atoms with E-state index in [1.165, 1.54) is 263 Å². The van der Waals surface area contributed by atoms with Crippen molar-refractivity contribution in [1.82, 2.24) is 0 Å². The van der Waals surface area contributed by atoms with E-state index in [2.05, 4.69) is 534 Å². The van der Waals surface area contributed by atoms with Crippen LogP contribution in [-0.4, -0.2) is 0 Å². The van der Waals surface area contributed by atoms with Crippen LogP contribution < -0.4 is 0 Å². The number of rotatable bonds is 12. The molecule has 0 amide bonds. The van der Waals surface area contributed by atoms with Crippen molar-refractivity contribution in [2.45, 2.75) is 12.8 Å². The maximum Gasteiger partial charge on any atom is -0.00139 e. The SMILES string of the molecule is C1=C(c2c3ccccc3c(-c3ccccc3)c3ccccc23)CC=C(c2c3ccccc3c(-c3ccccc3)c3ccccc23)C1.c1ccc(-c2ccc(-c3c4ccccc4c(-c4c5ccccc5c(-c5ccc(-c6ccccc6)cc5)c5ccccc45)c4ccccc34)cc2)cc1.c1ccc2cc(-c3c4ccccc4c(-c4ccc(-c5cccc6ccccc56)cc4)c4ccccc34)ccc2c1. The number of fused-ring (bicyclic) bond motifs is 12. The van der Waals surface area contributed by atoms with E-state index in [1.54, 1.807) is 0 Å². The summed E-state index contributed by atoms with van der Waals surface area (Å²) in [6, 6.07) is 191. The Bertz CT molecular complexity index is 8640. The molecule has 0 heterocycles. The van der Waals surface area contributed by atoms with Gasteiger partial charge in [0.05, 0.1) is 0 Å². The number of hydrogen-bond acceptors (Lipinski definition) is 0. The van der Waals surface area contributed by atoms with Crippen molar-refractivity contribution in [3.05, 3.63) is 545 Å². The van der Waals surface area contributed by atoms with Gasteiger partial charge in [-0.05, 0) is 282 Å². The van der Waals surface area contributed by atoms with Gasteiger partial charge in [0.25, 0.3) is 0 Å². The molecule has 0 aromatic heterocycles. The van der Waals surface area contributed by atoms with Gasteiger partial charge < -0.3 is 0 Å². The average Bonchev–Trinajstić information content (AvgIpc) is 0.716. The van der Waals surface area contributed by atoms with Crippen LogP contribution in [0.2, 0.25) is 0 Å². The van der Waals surface area contributed by atoms with Gasteiger partial charge in [-0.2, -0.15) is 0 Å². The third kappa shape index (κ3) is 14.7. The molecule has 138 heavy (non-hydrogen) atoms. The fraction of sp³-hybridized carbons (Fsp3) is 0.0145. The van der Waals surface area contributed by atoms with E-state index in [-0.39, 0.29) is 0 Å². The molecule has 0 saturated carbocycles. The van der Waals surface area contributed by atoms with Crippen LogP contribution in [0.1, 0.15) is 24.0 Å². The van der Waals surface area contributed by atoms with E-state index in [4.69, 9.17) is 0 Å². The highest BCUT2D eigenvalue weighted by Crippen LogP contribution is 2.54. The minimum Gasteiger partial charge on any atom is -0.0759 e. The van der Waals surface area contributed by atoms with Crippen LogP contribution in [0.25, 0.3) is 252 Å². The summed E-state index contributed by atoms with van der Waals surface area (Å²) >= 11 is 0. The fourth-order valence-electron chi connectivity index (χ4n) is 22.5. The molecule has 0 N–H and O–H groups in total. The smallest absolute Gasteiger partial charge is 0.00139 e. The monoisotopic (exact) mass is 1750 g/mol. The lowest BCUT2D eigenvalue weighted by Gasteiger charge is -2.23. The van der Waals surface area contributed by atoms with E-state index in [1.807, 2.05) is 0 Å². The number of hydrogen-bond donors (Lipinski definition) is 0. The zero-order chi connectivity index (χ0) is 91.4. The van der Waals surface area contributed by atoms with Gasteiger partial charge >= 0.3 is 0 Å². The van der Waals surface area contributed by atoms with Crippen LogP contribution >= 0.6 is 0 Å². The lowest BCUT2D eigenvalue weighted by molar-refractivity contribution is 1.27. The van der Waals surface area contributed by atoms with Gasteiger partial charge in [0.15, 0.2) is 0 Å². The lowest BCUT2D eigenvalue weighted by atomic mass is 9.81. The standard InChI is InChI=1S/C52H34.C46H32.C40H26/c1-3-15-35(16-4-1)37-27-31-39(32-28-37)49-41-19-7-11-23-45(41)51(46-24-12-8-20-42(46)49)52-47-25-13-9-21-43(47)50(44-22-10-14-26-48(44)52)40-33-29-38(30-34-40)36-17-5-2-6-18-36;1-3-15-31(16-4-1)43-35-19-7-11-23-39(35)45(40-24-12-8-20-36(40)43)33-27-29-34(30-28-33)46-41-25-13-9-21-37(41)44(32-17-5-2-6-18-32)38-22-10-14-26-42(38)46;1-2-12-31-26-32(25-20-27(31)10-1)40-37-17-7-5-15-35(37)39(36-16-6-8-18-38(36)40)30-23-21-29(22-24-30)34-19-9-13-28-11-3-4-14-33(28)34/h1-34H;1-27,30H,28-29H2;1-26H. The molecule has 27 rings (SSSR count). The largest absolute Gasteiger partial charge is 0.0759 e. The zero-order valence-electron chi connectivity index (χ0n) is 76.2. The molecular formula is C138H92. The second kappa shape index (κ2) is 35.7. The Labute approximate surface area is 803 Å². The van der Waals surface area contributed by atoms with Gasteiger partial charge in [-0.1, -0.05) is 528 Å². The molecule has 0 saturated heterocycles. The maximum atomic E-state index is 2.50. The third-order valence-electron chi connectivity index (χ3n) is 28.7. The summed E-state index contributed by atoms with van der Waals surface area (Å²) in [5.41, 5.74) is 30.8. The van der Waals surface area contributed by atoms with Crippen LogP contribution in [0.4, 0.5) is 0 Å². The quantitative estimate of drug-likeness (QED) is 0.107. The summed E-state index contributed by atoms with van der Waals surface area (Å²) in [4.78, 5) is 0. The molecule has 26 aromatic carbocycles. The van der Waals surface area contributed by atoms with E-state index in [9.17, 15) is 0 Å². The Morgan fingerprint density at radius 3 is 0.580 bits per heavy atom. The van der Waals surface area contributed by atoms with Gasteiger partial charge in [-0.3, -0.25) is 0 Å². The van der Waals surface area contributed by atoms with Crippen molar-refractivity contribution in [3.8, 4) is 111 Å². The van der Waals surface area contributed by atoms with E-state index >= 15 is 0 Å². The molecular weight excluding hydrogens is 1660 g/mol. The molecule has 0 bridgehead atoms. The Morgan fingerprint density at radius 2 is 0.290 bits per heavy atom. The van der Waals surface area contributed by atoms with Crippen molar-refractivity contribution in [3.63, 3.8) is 0 Å². The molecule has 1 aliphatic carbocycles. The molecule has 0 aliphatic heterocycles. The van der Waals surface area contributed by atoms with E-state index in [0.29, 0.717) is 0 Å². The van der Waals surface area contributed by atoms with Crippen LogP contribution in [0.3, 0.4) is 0 Å². The summed E-state index contributed by atoms with van der Waals surface area (Å²) in [5, 5.41) is 30.9. The van der Waals surface area contributed by atoms with Gasteiger partial charge in [-0.25, -0.2) is 0 Å². The Morgan fingerprint density at radius 1 is 0.101 bits per heavy atom. The molecule has 0 fully saturated rings. The lowest BCUT2D eigenvalue weighted by Crippen LogP contribution is -1.99. The predicted octanol–water partition coefficient (Wildman–Crippen LogP) is 38.8. The van der Waals surface area contributed by atoms with Crippen molar-refractivity contribution in [1.29, 1.82) is 0 Å². The predicted molar refractivity (Wildman–Crippen MR) is 595 cm³/mol. The average molecular weight is 1750 g/mol. The highest BCUT2D eigenvalue weighted by atomic mass is 14.3. The summed E-state index contributed by atoms with van der Waals surface area (Å²) in [5.74, 6) is 0. The molecule has 0 heteroatoms. The first-order valence-corrected chi connectivity index (χ1v) is 48.1. The minimum atomic E-state index is 0.900. The van der Waals surface area contributed by atoms with Crippen molar-refractivity contribution in [2.75, 3.05) is 0 Å². The Hall–Kier alpha value is -17.7. The topological polar surface area (TPSA) is 0 Å². The maximum absolute atomic E-state index is 2.50. The van der Waals surface area contributed by atoms with Crippen LogP contribution in [0, 0.1) is 0 Å². The van der Waals surface area contributed by atoms with Crippen molar-refractivity contribution < 1.29 is 0 Å². The van der Waals surface area contributed by atoms with Crippen LogP contribution in [-0.2, 0) is 0 Å². The molecule has 26 aromatic rings. The molecule has 0 nitrogen and oxygen atoms in total. The van der Waals surface area contributed by atoms with Gasteiger partial charge in [0, 0.05) is 0 Å². The first-order chi connectivity index (χ1) is 68.5. The molecule has 0 atom stereocenters. The molecule has 644 valence electrons. The van der Waals surface area contributed by atoms with Crippen molar-refractivity contribution in [2.24, 2.45) is 0 Å². The number of benzene rings is 26. The van der Waals surface area contributed by atoms with E-state index in [0.717, 1.165) is 12.8 Å². The second-order valence-corrected chi connectivity index (χ2v) is 36.4.